The molecule has 148 valence electrons. The third-order valence-electron chi connectivity index (χ3n) is 5.11. The lowest BCUT2D eigenvalue weighted by molar-refractivity contribution is 0.0154. The number of thiophene rings is 1. The highest BCUT2D eigenvalue weighted by atomic mass is 127. The van der Waals surface area contributed by atoms with Crippen molar-refractivity contribution in [2.75, 3.05) is 45.8 Å². The van der Waals surface area contributed by atoms with E-state index in [0.717, 1.165) is 37.8 Å². The molecule has 0 aliphatic carbocycles. The predicted octanol–water partition coefficient (Wildman–Crippen LogP) is 2.24. The topological polar surface area (TPSA) is 56.0 Å². The van der Waals surface area contributed by atoms with E-state index in [1.54, 1.807) is 17.6 Å². The second kappa shape index (κ2) is 10.4. The van der Waals surface area contributed by atoms with Gasteiger partial charge in [-0.15, -0.1) is 35.3 Å². The maximum absolute atomic E-state index is 5.41. The first-order chi connectivity index (χ1) is 12.9. The Kier molecular flexibility index (Phi) is 7.98. The van der Waals surface area contributed by atoms with E-state index in [1.807, 2.05) is 12.1 Å². The minimum absolute atomic E-state index is 0. The summed E-state index contributed by atoms with van der Waals surface area (Å²) >= 11 is 1.75. The number of hydrogen-bond donors (Lipinski definition) is 2. The molecular formula is C19H28IN5OS. The number of hydrogen-bond acceptors (Lipinski definition) is 5. The maximum Gasteiger partial charge on any atom is 0.191 e. The van der Waals surface area contributed by atoms with Gasteiger partial charge in [-0.1, -0.05) is 6.07 Å². The molecule has 2 aromatic rings. The number of piperazine rings is 3. The van der Waals surface area contributed by atoms with Crippen LogP contribution in [0.25, 0.3) is 0 Å². The number of furan rings is 1. The van der Waals surface area contributed by atoms with Crippen molar-refractivity contribution in [2.45, 2.75) is 19.0 Å². The van der Waals surface area contributed by atoms with E-state index in [1.165, 1.54) is 31.1 Å². The first-order valence-corrected chi connectivity index (χ1v) is 10.3. The molecular weight excluding hydrogens is 473 g/mol. The van der Waals surface area contributed by atoms with Crippen molar-refractivity contribution in [1.82, 2.24) is 20.4 Å². The molecule has 0 radical (unpaired) electrons. The molecule has 0 amide bonds. The van der Waals surface area contributed by atoms with Crippen molar-refractivity contribution in [2.24, 2.45) is 4.99 Å². The zero-order chi connectivity index (χ0) is 17.6. The highest BCUT2D eigenvalue weighted by molar-refractivity contribution is 14.0. The van der Waals surface area contributed by atoms with Gasteiger partial charge >= 0.3 is 0 Å². The van der Waals surface area contributed by atoms with Gasteiger partial charge in [-0.05, 0) is 23.6 Å². The number of fused-ring (bicyclic) bond motifs is 3. The normalized spacial score (nSPS) is 24.4. The molecule has 2 aromatic heterocycles. The summed E-state index contributed by atoms with van der Waals surface area (Å²) in [6, 6.07) is 8.73. The quantitative estimate of drug-likeness (QED) is 0.347. The van der Waals surface area contributed by atoms with E-state index in [2.05, 4.69) is 37.9 Å². The van der Waals surface area contributed by atoms with Crippen molar-refractivity contribution in [3.63, 3.8) is 0 Å². The van der Waals surface area contributed by atoms with Crippen LogP contribution >= 0.6 is 35.3 Å². The Labute approximate surface area is 182 Å². The second-order valence-electron chi connectivity index (χ2n) is 6.87. The zero-order valence-electron chi connectivity index (χ0n) is 15.5. The molecule has 3 aliphatic rings. The Morgan fingerprint density at radius 2 is 2.07 bits per heavy atom. The molecule has 1 unspecified atom stereocenters. The highest BCUT2D eigenvalue weighted by Gasteiger charge is 2.31. The molecule has 1 atom stereocenters. The van der Waals surface area contributed by atoms with Gasteiger partial charge in [0.25, 0.3) is 0 Å². The Bertz CT molecular complexity index is 683. The number of rotatable bonds is 7. The van der Waals surface area contributed by atoms with Crippen LogP contribution in [0.1, 0.15) is 10.6 Å². The summed E-state index contributed by atoms with van der Waals surface area (Å²) in [6.45, 7) is 8.46. The minimum atomic E-state index is 0. The monoisotopic (exact) mass is 501 g/mol. The minimum Gasteiger partial charge on any atom is -0.469 e. The number of nitrogens with one attached hydrogen (secondary N) is 2. The first kappa shape index (κ1) is 20.6. The van der Waals surface area contributed by atoms with Crippen molar-refractivity contribution < 1.29 is 4.42 Å². The van der Waals surface area contributed by atoms with Crippen LogP contribution < -0.4 is 10.6 Å². The van der Waals surface area contributed by atoms with Crippen LogP contribution in [0.2, 0.25) is 0 Å². The number of halogens is 1. The Balaban J connectivity index is 0.00000210. The van der Waals surface area contributed by atoms with Crippen molar-refractivity contribution in [1.29, 1.82) is 0 Å². The lowest BCUT2D eigenvalue weighted by Gasteiger charge is -2.47. The standard InChI is InChI=1S/C19H27N5OS.HI/c1-3-17(25-11-1)5-6-20-19(22-14-18-4-2-12-26-18)21-13-16-15-23-7-9-24(16)10-8-23;/h1-4,11-12,16H,5-10,13-15H2,(H2,20,21,22);1H. The summed E-state index contributed by atoms with van der Waals surface area (Å²) in [4.78, 5) is 11.2. The van der Waals surface area contributed by atoms with E-state index in [0.29, 0.717) is 12.6 Å². The molecule has 0 saturated carbocycles. The van der Waals surface area contributed by atoms with Crippen LogP contribution in [-0.4, -0.2) is 67.6 Å². The average molecular weight is 501 g/mol. The Morgan fingerprint density at radius 3 is 2.74 bits per heavy atom. The lowest BCUT2D eigenvalue weighted by atomic mass is 10.1. The molecule has 6 nitrogen and oxygen atoms in total. The van der Waals surface area contributed by atoms with Crippen LogP contribution in [0.4, 0.5) is 0 Å². The first-order valence-electron chi connectivity index (χ1n) is 9.40. The fraction of sp³-hybridized carbons (Fsp3) is 0.526. The molecule has 3 saturated heterocycles. The average Bonchev–Trinajstić information content (AvgIpc) is 3.38. The summed E-state index contributed by atoms with van der Waals surface area (Å²) < 4.78 is 5.41. The summed E-state index contributed by atoms with van der Waals surface area (Å²) in [6.07, 6.45) is 2.58. The van der Waals surface area contributed by atoms with E-state index >= 15 is 0 Å². The molecule has 5 heterocycles. The van der Waals surface area contributed by atoms with E-state index < -0.39 is 0 Å². The molecule has 0 spiro atoms. The summed E-state index contributed by atoms with van der Waals surface area (Å²) in [5.74, 6) is 1.89. The highest BCUT2D eigenvalue weighted by Crippen LogP contribution is 2.15. The molecule has 5 rings (SSSR count). The summed E-state index contributed by atoms with van der Waals surface area (Å²) in [7, 11) is 0. The van der Waals surface area contributed by atoms with Gasteiger partial charge in [0.15, 0.2) is 5.96 Å². The fourth-order valence-corrected chi connectivity index (χ4v) is 4.25. The smallest absolute Gasteiger partial charge is 0.191 e. The number of aliphatic imine (C=N–C) groups is 1. The zero-order valence-corrected chi connectivity index (χ0v) is 18.6. The number of nitrogens with zero attached hydrogens (tertiary/aromatic N) is 3. The molecule has 27 heavy (non-hydrogen) atoms. The van der Waals surface area contributed by atoms with Gasteiger partial charge in [0.05, 0.1) is 12.8 Å². The van der Waals surface area contributed by atoms with Gasteiger partial charge in [-0.2, -0.15) is 0 Å². The van der Waals surface area contributed by atoms with Crippen molar-refractivity contribution in [3.8, 4) is 0 Å². The maximum atomic E-state index is 5.41. The van der Waals surface area contributed by atoms with Crippen LogP contribution in [0.5, 0.6) is 0 Å². The second-order valence-corrected chi connectivity index (χ2v) is 7.90. The summed E-state index contributed by atoms with van der Waals surface area (Å²) in [5, 5.41) is 9.12. The SMILES string of the molecule is I.c1coc(CCNC(=NCc2cccs2)NCC2CN3CCN2CC3)c1. The van der Waals surface area contributed by atoms with Gasteiger partial charge in [-0.3, -0.25) is 9.80 Å². The van der Waals surface area contributed by atoms with Crippen LogP contribution in [0.3, 0.4) is 0 Å². The Hall–Kier alpha value is -1.10. The van der Waals surface area contributed by atoms with Crippen LogP contribution in [-0.2, 0) is 13.0 Å². The molecule has 2 bridgehead atoms. The molecule has 0 aromatic carbocycles. The van der Waals surface area contributed by atoms with Crippen LogP contribution in [0, 0.1) is 0 Å². The van der Waals surface area contributed by atoms with E-state index in [-0.39, 0.29) is 24.0 Å². The van der Waals surface area contributed by atoms with Gasteiger partial charge in [0.2, 0.25) is 0 Å². The van der Waals surface area contributed by atoms with Gasteiger partial charge in [0, 0.05) is 63.2 Å². The molecule has 3 aliphatic heterocycles. The summed E-state index contributed by atoms with van der Waals surface area (Å²) in [5.41, 5.74) is 0. The fourth-order valence-electron chi connectivity index (χ4n) is 3.63. The van der Waals surface area contributed by atoms with Gasteiger partial charge < -0.3 is 15.1 Å². The molecule has 3 fully saturated rings. The van der Waals surface area contributed by atoms with Gasteiger partial charge in [0.1, 0.15) is 5.76 Å². The van der Waals surface area contributed by atoms with Crippen molar-refractivity contribution in [3.05, 3.63) is 46.5 Å². The van der Waals surface area contributed by atoms with Crippen molar-refractivity contribution >= 4 is 41.3 Å². The van der Waals surface area contributed by atoms with E-state index in [4.69, 9.17) is 9.41 Å². The van der Waals surface area contributed by atoms with Crippen LogP contribution in [0.15, 0.2) is 45.3 Å². The largest absolute Gasteiger partial charge is 0.469 e. The predicted molar refractivity (Wildman–Crippen MR) is 121 cm³/mol. The third kappa shape index (κ3) is 5.94. The molecule has 2 N–H and O–H groups in total. The van der Waals surface area contributed by atoms with E-state index in [9.17, 15) is 0 Å². The van der Waals surface area contributed by atoms with Gasteiger partial charge in [-0.25, -0.2) is 4.99 Å². The molecule has 8 heteroatoms. The third-order valence-corrected chi connectivity index (χ3v) is 5.98. The Morgan fingerprint density at radius 1 is 1.19 bits per heavy atom. The lowest BCUT2D eigenvalue weighted by Crippen LogP contribution is -2.63. The number of guanidine groups is 1.